The second-order valence-electron chi connectivity index (χ2n) is 4.15. The molecular weight excluding hydrogens is 246 g/mol. The molecule has 1 unspecified atom stereocenters. The first-order chi connectivity index (χ1) is 9.16. The standard InChI is InChI=1S/C12H15N5O2/c1-9(10-3-6-19-16-10)17(2)8-12(18)15-11-7-13-4-5-14-11/h3-7,9H,8H2,1-2H3,(H,14,15,18). The van der Waals surface area contributed by atoms with Crippen LogP contribution in [0.3, 0.4) is 0 Å². The third kappa shape index (κ3) is 3.59. The molecule has 0 aliphatic heterocycles. The van der Waals surface area contributed by atoms with Gasteiger partial charge in [0.1, 0.15) is 12.0 Å². The number of hydrogen-bond acceptors (Lipinski definition) is 6. The number of carbonyl (C=O) groups is 1. The van der Waals surface area contributed by atoms with Gasteiger partial charge >= 0.3 is 0 Å². The molecule has 0 radical (unpaired) electrons. The third-order valence-electron chi connectivity index (χ3n) is 2.77. The summed E-state index contributed by atoms with van der Waals surface area (Å²) in [7, 11) is 1.84. The van der Waals surface area contributed by atoms with E-state index in [-0.39, 0.29) is 18.5 Å². The van der Waals surface area contributed by atoms with E-state index in [0.717, 1.165) is 5.69 Å². The summed E-state index contributed by atoms with van der Waals surface area (Å²) in [5.74, 6) is 0.285. The molecule has 0 saturated carbocycles. The average molecular weight is 261 g/mol. The van der Waals surface area contributed by atoms with Crippen LogP contribution in [0.2, 0.25) is 0 Å². The van der Waals surface area contributed by atoms with Crippen molar-refractivity contribution < 1.29 is 9.32 Å². The Morgan fingerprint density at radius 1 is 1.53 bits per heavy atom. The number of rotatable bonds is 5. The van der Waals surface area contributed by atoms with E-state index in [0.29, 0.717) is 5.82 Å². The zero-order valence-electron chi connectivity index (χ0n) is 10.8. The summed E-state index contributed by atoms with van der Waals surface area (Å²) >= 11 is 0. The minimum absolute atomic E-state index is 0.00800. The fourth-order valence-corrected chi connectivity index (χ4v) is 1.57. The van der Waals surface area contributed by atoms with Gasteiger partial charge in [0, 0.05) is 18.5 Å². The molecule has 0 aromatic carbocycles. The van der Waals surface area contributed by atoms with Crippen molar-refractivity contribution in [1.29, 1.82) is 0 Å². The van der Waals surface area contributed by atoms with Gasteiger partial charge < -0.3 is 9.84 Å². The number of nitrogens with one attached hydrogen (secondary N) is 1. The topological polar surface area (TPSA) is 84.2 Å². The van der Waals surface area contributed by atoms with Crippen molar-refractivity contribution in [2.75, 3.05) is 18.9 Å². The Hall–Kier alpha value is -2.28. The van der Waals surface area contributed by atoms with E-state index in [1.165, 1.54) is 18.7 Å². The highest BCUT2D eigenvalue weighted by atomic mass is 16.5. The summed E-state index contributed by atoms with van der Waals surface area (Å²) in [5.41, 5.74) is 0.787. The van der Waals surface area contributed by atoms with Gasteiger partial charge in [0.2, 0.25) is 5.91 Å². The summed E-state index contributed by atoms with van der Waals surface area (Å²) < 4.78 is 4.79. The predicted octanol–water partition coefficient (Wildman–Crippen LogP) is 1.10. The summed E-state index contributed by atoms with van der Waals surface area (Å²) in [5, 5.41) is 6.53. The maximum Gasteiger partial charge on any atom is 0.239 e. The highest BCUT2D eigenvalue weighted by Gasteiger charge is 2.17. The highest BCUT2D eigenvalue weighted by molar-refractivity contribution is 5.91. The molecule has 2 heterocycles. The molecule has 0 fully saturated rings. The second-order valence-corrected chi connectivity index (χ2v) is 4.15. The van der Waals surface area contributed by atoms with E-state index < -0.39 is 0 Å². The average Bonchev–Trinajstić information content (AvgIpc) is 2.92. The van der Waals surface area contributed by atoms with E-state index in [2.05, 4.69) is 20.4 Å². The van der Waals surface area contributed by atoms with Crippen LogP contribution in [0.1, 0.15) is 18.7 Å². The number of amides is 1. The van der Waals surface area contributed by atoms with Crippen LogP contribution in [0.4, 0.5) is 5.82 Å². The summed E-state index contributed by atoms with van der Waals surface area (Å²) in [6.45, 7) is 2.18. The van der Waals surface area contributed by atoms with Crippen molar-refractivity contribution in [3.63, 3.8) is 0 Å². The van der Waals surface area contributed by atoms with Crippen LogP contribution < -0.4 is 5.32 Å². The SMILES string of the molecule is CC(c1ccon1)N(C)CC(=O)Nc1cnccn1. The summed E-state index contributed by atoms with van der Waals surface area (Å²) in [4.78, 5) is 21.6. The lowest BCUT2D eigenvalue weighted by molar-refractivity contribution is -0.117. The number of aromatic nitrogens is 3. The first-order valence-electron chi connectivity index (χ1n) is 5.83. The minimum Gasteiger partial charge on any atom is -0.364 e. The maximum absolute atomic E-state index is 11.8. The van der Waals surface area contributed by atoms with Gasteiger partial charge in [-0.15, -0.1) is 0 Å². The Kier molecular flexibility index (Phi) is 4.19. The number of anilines is 1. The van der Waals surface area contributed by atoms with Crippen molar-refractivity contribution >= 4 is 11.7 Å². The molecule has 1 N–H and O–H groups in total. The third-order valence-corrected chi connectivity index (χ3v) is 2.77. The molecule has 2 rings (SSSR count). The van der Waals surface area contributed by atoms with Gasteiger partial charge in [0.25, 0.3) is 0 Å². The summed E-state index contributed by atoms with van der Waals surface area (Å²) in [6, 6.07) is 1.77. The minimum atomic E-state index is -0.154. The van der Waals surface area contributed by atoms with Crippen LogP contribution in [-0.4, -0.2) is 39.5 Å². The number of likely N-dealkylation sites (N-methyl/N-ethyl adjacent to an activating group) is 1. The normalized spacial score (nSPS) is 12.4. The first kappa shape index (κ1) is 13.2. The van der Waals surface area contributed by atoms with Gasteiger partial charge in [-0.3, -0.25) is 14.7 Å². The van der Waals surface area contributed by atoms with E-state index >= 15 is 0 Å². The van der Waals surface area contributed by atoms with Crippen LogP contribution in [0.15, 0.2) is 35.4 Å². The molecule has 7 nitrogen and oxygen atoms in total. The van der Waals surface area contributed by atoms with Crippen LogP contribution in [0, 0.1) is 0 Å². The summed E-state index contributed by atoms with van der Waals surface area (Å²) in [6.07, 6.45) is 6.09. The Balaban J connectivity index is 1.88. The van der Waals surface area contributed by atoms with Crippen LogP contribution >= 0.6 is 0 Å². The van der Waals surface area contributed by atoms with E-state index in [4.69, 9.17) is 4.52 Å². The van der Waals surface area contributed by atoms with Gasteiger partial charge in [0.05, 0.1) is 18.8 Å². The van der Waals surface area contributed by atoms with E-state index in [1.807, 2.05) is 18.9 Å². The molecule has 0 saturated heterocycles. The molecule has 0 bridgehead atoms. The van der Waals surface area contributed by atoms with Gasteiger partial charge in [-0.2, -0.15) is 0 Å². The van der Waals surface area contributed by atoms with Gasteiger partial charge in [-0.25, -0.2) is 4.98 Å². The van der Waals surface area contributed by atoms with E-state index in [9.17, 15) is 4.79 Å². The molecule has 0 aliphatic carbocycles. The second kappa shape index (κ2) is 6.05. The molecule has 1 atom stereocenters. The lowest BCUT2D eigenvalue weighted by Crippen LogP contribution is -2.32. The lowest BCUT2D eigenvalue weighted by Gasteiger charge is -2.21. The molecule has 0 aliphatic rings. The first-order valence-corrected chi connectivity index (χ1v) is 5.83. The Labute approximate surface area is 110 Å². The predicted molar refractivity (Wildman–Crippen MR) is 68.2 cm³/mol. The fourth-order valence-electron chi connectivity index (χ4n) is 1.57. The number of carbonyl (C=O) groups excluding carboxylic acids is 1. The maximum atomic E-state index is 11.8. The molecular formula is C12H15N5O2. The fraction of sp³-hybridized carbons (Fsp3) is 0.333. The lowest BCUT2D eigenvalue weighted by atomic mass is 10.2. The molecule has 7 heteroatoms. The molecule has 2 aromatic rings. The van der Waals surface area contributed by atoms with Crippen molar-refractivity contribution in [2.24, 2.45) is 0 Å². The zero-order chi connectivity index (χ0) is 13.7. The van der Waals surface area contributed by atoms with Gasteiger partial charge in [0.15, 0.2) is 5.82 Å². The Bertz CT molecular complexity index is 514. The van der Waals surface area contributed by atoms with Crippen LogP contribution in [0.25, 0.3) is 0 Å². The van der Waals surface area contributed by atoms with Crippen molar-refractivity contribution in [1.82, 2.24) is 20.0 Å². The molecule has 100 valence electrons. The van der Waals surface area contributed by atoms with Crippen molar-refractivity contribution in [3.8, 4) is 0 Å². The number of hydrogen-bond donors (Lipinski definition) is 1. The van der Waals surface area contributed by atoms with Crippen molar-refractivity contribution in [3.05, 3.63) is 36.6 Å². The Morgan fingerprint density at radius 2 is 2.37 bits per heavy atom. The number of nitrogens with zero attached hydrogens (tertiary/aromatic N) is 4. The monoisotopic (exact) mass is 261 g/mol. The molecule has 19 heavy (non-hydrogen) atoms. The largest absolute Gasteiger partial charge is 0.364 e. The van der Waals surface area contributed by atoms with E-state index in [1.54, 1.807) is 12.3 Å². The highest BCUT2D eigenvalue weighted by Crippen LogP contribution is 2.15. The van der Waals surface area contributed by atoms with Crippen molar-refractivity contribution in [2.45, 2.75) is 13.0 Å². The van der Waals surface area contributed by atoms with Gasteiger partial charge in [-0.1, -0.05) is 5.16 Å². The smallest absolute Gasteiger partial charge is 0.239 e. The molecule has 2 aromatic heterocycles. The zero-order valence-corrected chi connectivity index (χ0v) is 10.8. The quantitative estimate of drug-likeness (QED) is 0.867. The Morgan fingerprint density at radius 3 is 3.00 bits per heavy atom. The van der Waals surface area contributed by atoms with Crippen LogP contribution in [-0.2, 0) is 4.79 Å². The molecule has 1 amide bonds. The van der Waals surface area contributed by atoms with Gasteiger partial charge in [-0.05, 0) is 14.0 Å². The van der Waals surface area contributed by atoms with Crippen LogP contribution in [0.5, 0.6) is 0 Å². The molecule has 0 spiro atoms.